The Labute approximate surface area is 312 Å². The molecule has 0 saturated carbocycles. The van der Waals surface area contributed by atoms with Crippen LogP contribution in [0.3, 0.4) is 0 Å². The predicted octanol–water partition coefficient (Wildman–Crippen LogP) is 6.07. The summed E-state index contributed by atoms with van der Waals surface area (Å²) in [5.41, 5.74) is -1.19. The van der Waals surface area contributed by atoms with Crippen LogP contribution in [0.2, 0.25) is 0 Å². The van der Waals surface area contributed by atoms with Gasteiger partial charge in [0, 0.05) is 60.9 Å². The van der Waals surface area contributed by atoms with Crippen molar-refractivity contribution in [3.8, 4) is 0 Å². The standard InChI is InChI=1S/C38H70N4O10/c1-12-18-49-41-33(4,5)24-37(25-34(41,6)7)47-22-29(51-37)20-45-31(43)39-16-14-13-15-17-40-32(44)46-21-30-23-48-38(52-30)26-35(8,9)42(36(10,11)27-38)50-19-28(2)3/h28-30H,12-27H2,1-11H3,(H,39,43)(H,40,44). The lowest BCUT2D eigenvalue weighted by atomic mass is 9.78. The van der Waals surface area contributed by atoms with Crippen molar-refractivity contribution in [3.05, 3.63) is 0 Å². The Kier molecular flexibility index (Phi) is 14.3. The molecule has 2 unspecified atom stereocenters. The quantitative estimate of drug-likeness (QED) is 0.178. The van der Waals surface area contributed by atoms with Crippen LogP contribution in [0.15, 0.2) is 0 Å². The minimum Gasteiger partial charge on any atom is -0.447 e. The number of carbonyl (C=O) groups is 2. The summed E-state index contributed by atoms with van der Waals surface area (Å²) < 4.78 is 36.2. The number of amides is 2. The molecule has 14 heteroatoms. The molecule has 2 spiro atoms. The number of nitrogens with zero attached hydrogens (tertiary/aromatic N) is 2. The van der Waals surface area contributed by atoms with Crippen molar-refractivity contribution in [1.29, 1.82) is 0 Å². The maximum absolute atomic E-state index is 12.4. The van der Waals surface area contributed by atoms with Crippen LogP contribution >= 0.6 is 0 Å². The fraction of sp³-hybridized carbons (Fsp3) is 0.947. The number of hydrogen-bond acceptors (Lipinski definition) is 12. The van der Waals surface area contributed by atoms with Crippen LogP contribution in [0.25, 0.3) is 0 Å². The summed E-state index contributed by atoms with van der Waals surface area (Å²) in [4.78, 5) is 37.1. The van der Waals surface area contributed by atoms with E-state index in [1.165, 1.54) is 0 Å². The Hall–Kier alpha value is -1.78. The van der Waals surface area contributed by atoms with Crippen molar-refractivity contribution < 1.29 is 47.7 Å². The maximum atomic E-state index is 12.4. The van der Waals surface area contributed by atoms with Gasteiger partial charge in [0.2, 0.25) is 0 Å². The number of piperidine rings is 2. The van der Waals surface area contributed by atoms with E-state index in [2.05, 4.69) is 96.9 Å². The number of alkyl carbamates (subject to hydrolysis) is 2. The van der Waals surface area contributed by atoms with E-state index in [0.717, 1.165) is 25.7 Å². The number of unbranched alkanes of at least 4 members (excludes halogenated alkanes) is 2. The second-order valence-corrected chi connectivity index (χ2v) is 18.1. The molecule has 52 heavy (non-hydrogen) atoms. The van der Waals surface area contributed by atoms with Crippen molar-refractivity contribution >= 4 is 12.2 Å². The first kappa shape index (κ1) is 43.0. The minimum atomic E-state index is -0.742. The van der Waals surface area contributed by atoms with E-state index in [9.17, 15) is 9.59 Å². The van der Waals surface area contributed by atoms with Gasteiger partial charge in [-0.25, -0.2) is 9.59 Å². The van der Waals surface area contributed by atoms with Crippen LogP contribution in [0.4, 0.5) is 9.59 Å². The second kappa shape index (κ2) is 17.3. The van der Waals surface area contributed by atoms with Gasteiger partial charge in [0.25, 0.3) is 0 Å². The molecule has 0 radical (unpaired) electrons. The maximum Gasteiger partial charge on any atom is 0.407 e. The average Bonchev–Trinajstić information content (AvgIpc) is 3.58. The van der Waals surface area contributed by atoms with E-state index >= 15 is 0 Å². The van der Waals surface area contributed by atoms with Crippen molar-refractivity contribution in [2.75, 3.05) is 52.7 Å². The summed E-state index contributed by atoms with van der Waals surface area (Å²) in [7, 11) is 0. The predicted molar refractivity (Wildman–Crippen MR) is 195 cm³/mol. The lowest BCUT2D eigenvalue weighted by Crippen LogP contribution is -2.65. The van der Waals surface area contributed by atoms with E-state index in [4.69, 9.17) is 38.1 Å². The van der Waals surface area contributed by atoms with Crippen molar-refractivity contribution in [2.24, 2.45) is 5.92 Å². The molecule has 4 aliphatic rings. The number of nitrogens with one attached hydrogen (secondary N) is 2. The van der Waals surface area contributed by atoms with Gasteiger partial charge >= 0.3 is 12.2 Å². The van der Waals surface area contributed by atoms with Gasteiger partial charge in [-0.1, -0.05) is 20.8 Å². The second-order valence-electron chi connectivity index (χ2n) is 18.1. The SMILES string of the molecule is CCCON1C(C)(C)CC2(CC1(C)C)OCC(COC(=O)NCCCCCNC(=O)OCC1COC3(CC(C)(C)N(OCC(C)C)C(C)(C)C3)O1)O2. The molecule has 14 nitrogen and oxygen atoms in total. The highest BCUT2D eigenvalue weighted by Gasteiger charge is 2.59. The zero-order valence-corrected chi connectivity index (χ0v) is 34.0. The normalized spacial score (nSPS) is 27.2. The highest BCUT2D eigenvalue weighted by atomic mass is 16.8. The topological polar surface area (TPSA) is 139 Å². The number of ether oxygens (including phenoxy) is 6. The molecule has 4 rings (SSSR count). The lowest BCUT2D eigenvalue weighted by Gasteiger charge is -2.56. The molecule has 4 fully saturated rings. The van der Waals surface area contributed by atoms with Gasteiger partial charge in [-0.15, -0.1) is 0 Å². The number of hydrogen-bond donors (Lipinski definition) is 2. The molecular formula is C38H70N4O10. The fourth-order valence-electron chi connectivity index (χ4n) is 8.81. The Morgan fingerprint density at radius 1 is 0.673 bits per heavy atom. The molecule has 0 aromatic heterocycles. The van der Waals surface area contributed by atoms with Gasteiger partial charge in [-0.2, -0.15) is 10.1 Å². The van der Waals surface area contributed by atoms with Gasteiger partial charge in [0.05, 0.1) is 26.4 Å². The lowest BCUT2D eigenvalue weighted by molar-refractivity contribution is -0.340. The summed E-state index contributed by atoms with van der Waals surface area (Å²) in [5, 5.41) is 9.79. The summed E-state index contributed by atoms with van der Waals surface area (Å²) in [6.45, 7) is 26.8. The van der Waals surface area contributed by atoms with Crippen LogP contribution < -0.4 is 10.6 Å². The molecule has 4 saturated heterocycles. The third-order valence-electron chi connectivity index (χ3n) is 9.99. The zero-order valence-electron chi connectivity index (χ0n) is 34.0. The van der Waals surface area contributed by atoms with Gasteiger partial charge in [0.15, 0.2) is 11.6 Å². The molecule has 0 aromatic carbocycles. The Balaban J connectivity index is 1.04. The smallest absolute Gasteiger partial charge is 0.407 e. The van der Waals surface area contributed by atoms with Crippen LogP contribution in [-0.4, -0.2) is 121 Å². The third kappa shape index (κ3) is 11.4. The summed E-state index contributed by atoms with van der Waals surface area (Å²) in [6.07, 6.45) is 4.24. The molecule has 4 aliphatic heterocycles. The average molecular weight is 743 g/mol. The summed E-state index contributed by atoms with van der Waals surface area (Å²) >= 11 is 0. The monoisotopic (exact) mass is 743 g/mol. The van der Waals surface area contributed by atoms with E-state index in [0.29, 0.717) is 71.1 Å². The van der Waals surface area contributed by atoms with Gasteiger partial charge in [-0.05, 0) is 87.0 Å². The van der Waals surface area contributed by atoms with Crippen LogP contribution in [0, 0.1) is 5.92 Å². The van der Waals surface area contributed by atoms with Crippen LogP contribution in [-0.2, 0) is 38.1 Å². The number of rotatable bonds is 16. The molecule has 0 bridgehead atoms. The molecule has 302 valence electrons. The summed E-state index contributed by atoms with van der Waals surface area (Å²) in [5.74, 6) is -1.05. The van der Waals surface area contributed by atoms with Gasteiger partial charge in [-0.3, -0.25) is 9.68 Å². The molecular weight excluding hydrogens is 672 g/mol. The number of carbonyl (C=O) groups excluding carboxylic acids is 2. The Bertz CT molecular complexity index is 1140. The van der Waals surface area contributed by atoms with Gasteiger partial charge in [0.1, 0.15) is 25.4 Å². The highest BCUT2D eigenvalue weighted by molar-refractivity contribution is 5.67. The third-order valence-corrected chi connectivity index (χ3v) is 9.99. The molecule has 0 aliphatic carbocycles. The molecule has 2 amide bonds. The molecule has 0 aromatic rings. The van der Waals surface area contributed by atoms with Crippen molar-refractivity contribution in [2.45, 2.75) is 173 Å². The van der Waals surface area contributed by atoms with E-state index in [-0.39, 0.29) is 47.6 Å². The van der Waals surface area contributed by atoms with Gasteiger partial charge < -0.3 is 39.1 Å². The first-order valence-electron chi connectivity index (χ1n) is 19.5. The summed E-state index contributed by atoms with van der Waals surface area (Å²) in [6, 6.07) is 0. The van der Waals surface area contributed by atoms with E-state index in [1.54, 1.807) is 0 Å². The first-order chi connectivity index (χ1) is 24.2. The largest absolute Gasteiger partial charge is 0.447 e. The van der Waals surface area contributed by atoms with Crippen molar-refractivity contribution in [3.63, 3.8) is 0 Å². The van der Waals surface area contributed by atoms with Crippen LogP contribution in [0.5, 0.6) is 0 Å². The molecule has 4 heterocycles. The number of hydroxylamine groups is 4. The fourth-order valence-corrected chi connectivity index (χ4v) is 8.81. The Morgan fingerprint density at radius 2 is 1.08 bits per heavy atom. The molecule has 2 N–H and O–H groups in total. The molecule has 2 atom stereocenters. The highest BCUT2D eigenvalue weighted by Crippen LogP contribution is 2.50. The first-order valence-corrected chi connectivity index (χ1v) is 19.5. The zero-order chi connectivity index (χ0) is 38.4. The van der Waals surface area contributed by atoms with Crippen LogP contribution in [0.1, 0.15) is 128 Å². The minimum absolute atomic E-state index is 0.121. The van der Waals surface area contributed by atoms with E-state index < -0.39 is 23.8 Å². The Morgan fingerprint density at radius 3 is 1.46 bits per heavy atom. The van der Waals surface area contributed by atoms with Crippen molar-refractivity contribution in [1.82, 2.24) is 20.8 Å². The van der Waals surface area contributed by atoms with E-state index in [1.807, 2.05) is 0 Å².